The zero-order chi connectivity index (χ0) is 54.1. The number of nitrogens with zero attached hydrogens (tertiary/aromatic N) is 8. The predicted octanol–water partition coefficient (Wildman–Crippen LogP) is 17.7. The van der Waals surface area contributed by atoms with Gasteiger partial charge in [-0.2, -0.15) is 15.8 Å². The van der Waals surface area contributed by atoms with Crippen molar-refractivity contribution in [1.29, 1.82) is 15.8 Å². The van der Waals surface area contributed by atoms with E-state index in [0.717, 1.165) is 122 Å². The summed E-state index contributed by atoms with van der Waals surface area (Å²) in [6.07, 6.45) is 0. The molecule has 0 radical (unpaired) electrons. The molecule has 8 heteroatoms. The van der Waals surface area contributed by atoms with E-state index in [-0.39, 0.29) is 0 Å². The van der Waals surface area contributed by atoms with Crippen LogP contribution < -0.4 is 0 Å². The van der Waals surface area contributed by atoms with Crippen molar-refractivity contribution in [3.05, 3.63) is 271 Å². The Labute approximate surface area is 465 Å². The average Bonchev–Trinajstić information content (AvgIpc) is 4.39. The third-order valence-corrected chi connectivity index (χ3v) is 15.8. The minimum absolute atomic E-state index is 0.560. The van der Waals surface area contributed by atoms with E-state index in [0.29, 0.717) is 22.5 Å². The highest BCUT2D eigenvalue weighted by Gasteiger charge is 2.21. The number of hydrogen-bond donors (Lipinski definition) is 0. The number of nitriles is 3. The molecule has 81 heavy (non-hydrogen) atoms. The highest BCUT2D eigenvalue weighted by atomic mass is 15.0. The zero-order valence-corrected chi connectivity index (χ0v) is 43.3. The lowest BCUT2D eigenvalue weighted by molar-refractivity contribution is 1.16. The van der Waals surface area contributed by atoms with Gasteiger partial charge in [-0.15, -0.1) is 0 Å². The number of aromatic nitrogens is 5. The van der Waals surface area contributed by atoms with Gasteiger partial charge in [-0.1, -0.05) is 146 Å². The van der Waals surface area contributed by atoms with Crippen molar-refractivity contribution in [1.82, 2.24) is 23.7 Å². The minimum Gasteiger partial charge on any atom is -0.309 e. The van der Waals surface area contributed by atoms with E-state index < -0.39 is 0 Å². The summed E-state index contributed by atoms with van der Waals surface area (Å²) >= 11 is 0. The van der Waals surface area contributed by atoms with Crippen LogP contribution in [0.2, 0.25) is 0 Å². The first kappa shape index (κ1) is 46.7. The van der Waals surface area contributed by atoms with Crippen molar-refractivity contribution in [3.63, 3.8) is 0 Å². The molecule has 4 aromatic heterocycles. The molecule has 0 saturated carbocycles. The van der Waals surface area contributed by atoms with E-state index in [1.54, 1.807) is 0 Å². The molecule has 15 rings (SSSR count). The Balaban J connectivity index is 0.819. The summed E-state index contributed by atoms with van der Waals surface area (Å²) in [6.45, 7) is 0. The summed E-state index contributed by atoms with van der Waals surface area (Å²) in [6, 6.07) is 94.4. The van der Waals surface area contributed by atoms with Crippen LogP contribution in [0.1, 0.15) is 16.7 Å². The van der Waals surface area contributed by atoms with Crippen LogP contribution in [-0.2, 0) is 0 Å². The lowest BCUT2D eigenvalue weighted by Gasteiger charge is -2.13. The molecule has 0 spiro atoms. The van der Waals surface area contributed by atoms with Gasteiger partial charge in [0.2, 0.25) is 0 Å². The van der Waals surface area contributed by atoms with Crippen molar-refractivity contribution in [3.8, 4) is 91.4 Å². The Hall–Kier alpha value is -11.6. The molecule has 11 aromatic carbocycles. The molecule has 0 atom stereocenters. The van der Waals surface area contributed by atoms with E-state index >= 15 is 0 Å². The molecule has 374 valence electrons. The van der Waals surface area contributed by atoms with Crippen molar-refractivity contribution in [2.75, 3.05) is 0 Å². The standard InChI is InChI=1S/C73H42N8/c74-43-46-19-33-69-61(37-46)62-38-47(44-75)20-34-70(62)81(69)57-31-36-72-64(41-57)63-40-56(80-67-17-9-7-15-59(67)60-16-8-10-18-68(60)80)30-35-71(63)79(72)55-28-25-49(26-29-55)58-32-27-53(39-54(58)45-76)48-21-23-51(24-22-48)66-42-65(50-11-3-1-4-12-50)77-73(78-66)52-13-5-2-6-14-52/h1-42H. The maximum absolute atomic E-state index is 10.7. The second kappa shape index (κ2) is 18.8. The molecule has 4 heterocycles. The third-order valence-electron chi connectivity index (χ3n) is 15.8. The molecule has 0 amide bonds. The van der Waals surface area contributed by atoms with Gasteiger partial charge in [0, 0.05) is 66.1 Å². The van der Waals surface area contributed by atoms with Gasteiger partial charge in [-0.3, -0.25) is 0 Å². The van der Waals surface area contributed by atoms with Crippen molar-refractivity contribution < 1.29 is 0 Å². The van der Waals surface area contributed by atoms with Crippen LogP contribution in [0, 0.1) is 34.0 Å². The first-order chi connectivity index (χ1) is 40.0. The molecule has 0 N–H and O–H groups in total. The summed E-state index contributed by atoms with van der Waals surface area (Å²) in [7, 11) is 0. The highest BCUT2D eigenvalue weighted by Crippen LogP contribution is 2.41. The number of benzene rings is 11. The fourth-order valence-electron chi connectivity index (χ4n) is 12.0. The van der Waals surface area contributed by atoms with Gasteiger partial charge in [0.25, 0.3) is 0 Å². The molecule has 0 fully saturated rings. The lowest BCUT2D eigenvalue weighted by atomic mass is 9.94. The summed E-state index contributed by atoms with van der Waals surface area (Å²) in [5, 5.41) is 36.9. The zero-order valence-electron chi connectivity index (χ0n) is 43.3. The number of para-hydroxylation sites is 2. The van der Waals surface area contributed by atoms with E-state index in [1.807, 2.05) is 97.1 Å². The second-order valence-corrected chi connectivity index (χ2v) is 20.3. The van der Waals surface area contributed by atoms with E-state index in [1.165, 1.54) is 10.8 Å². The van der Waals surface area contributed by atoms with Gasteiger partial charge in [0.05, 0.1) is 79.4 Å². The Morgan fingerprint density at radius 3 is 1.21 bits per heavy atom. The second-order valence-electron chi connectivity index (χ2n) is 20.3. The van der Waals surface area contributed by atoms with Crippen molar-refractivity contribution >= 4 is 65.4 Å². The predicted molar refractivity (Wildman–Crippen MR) is 326 cm³/mol. The van der Waals surface area contributed by atoms with E-state index in [4.69, 9.17) is 9.97 Å². The first-order valence-corrected chi connectivity index (χ1v) is 26.7. The SMILES string of the molecule is N#Cc1ccc2c(c1)c1cc(C#N)ccc1n2-c1ccc2c(c1)c1cc(-n3c4ccccc4c4ccccc43)ccc1n2-c1ccc(-c2ccc(-c3ccc(-c4cc(-c5ccccc5)nc(-c5ccccc5)n4)cc3)cc2C#N)cc1. The Bertz CT molecular complexity index is 5000. The molecular formula is C73H42N8. The molecule has 0 unspecified atom stereocenters. The highest BCUT2D eigenvalue weighted by molar-refractivity contribution is 6.14. The smallest absolute Gasteiger partial charge is 0.160 e. The van der Waals surface area contributed by atoms with Crippen LogP contribution in [-0.4, -0.2) is 23.7 Å². The number of fused-ring (bicyclic) bond motifs is 9. The largest absolute Gasteiger partial charge is 0.309 e. The first-order valence-electron chi connectivity index (χ1n) is 26.7. The quantitative estimate of drug-likeness (QED) is 0.150. The molecular weight excluding hydrogens is 989 g/mol. The maximum Gasteiger partial charge on any atom is 0.160 e. The summed E-state index contributed by atoms with van der Waals surface area (Å²) in [5.74, 6) is 0.666. The Kier molecular flexibility index (Phi) is 10.8. The maximum atomic E-state index is 10.7. The van der Waals surface area contributed by atoms with Crippen LogP contribution >= 0.6 is 0 Å². The number of hydrogen-bond acceptors (Lipinski definition) is 5. The fourth-order valence-corrected chi connectivity index (χ4v) is 12.0. The summed E-state index contributed by atoms with van der Waals surface area (Å²) < 4.78 is 6.91. The van der Waals surface area contributed by atoms with E-state index in [9.17, 15) is 15.8 Å². The van der Waals surface area contributed by atoms with Gasteiger partial charge in [-0.25, -0.2) is 9.97 Å². The van der Waals surface area contributed by atoms with Gasteiger partial charge < -0.3 is 13.7 Å². The fraction of sp³-hybridized carbons (Fsp3) is 0. The average molecular weight is 1030 g/mol. The molecule has 0 aliphatic carbocycles. The van der Waals surface area contributed by atoms with Gasteiger partial charge >= 0.3 is 0 Å². The van der Waals surface area contributed by atoms with Gasteiger partial charge in [-0.05, 0) is 131 Å². The molecule has 15 aromatic rings. The van der Waals surface area contributed by atoms with Crippen LogP contribution in [0.15, 0.2) is 255 Å². The Morgan fingerprint density at radius 2 is 0.679 bits per heavy atom. The monoisotopic (exact) mass is 1030 g/mol. The van der Waals surface area contributed by atoms with Crippen LogP contribution in [0.4, 0.5) is 0 Å². The molecule has 8 nitrogen and oxygen atoms in total. The van der Waals surface area contributed by atoms with E-state index in [2.05, 4.69) is 190 Å². The van der Waals surface area contributed by atoms with Crippen molar-refractivity contribution in [2.24, 2.45) is 0 Å². The number of rotatable bonds is 8. The van der Waals surface area contributed by atoms with Crippen LogP contribution in [0.5, 0.6) is 0 Å². The minimum atomic E-state index is 0.560. The van der Waals surface area contributed by atoms with Crippen LogP contribution in [0.3, 0.4) is 0 Å². The van der Waals surface area contributed by atoms with Gasteiger partial charge in [0.1, 0.15) is 0 Å². The molecule has 0 bridgehead atoms. The van der Waals surface area contributed by atoms with Crippen molar-refractivity contribution in [2.45, 2.75) is 0 Å². The van der Waals surface area contributed by atoms with Crippen LogP contribution in [0.25, 0.3) is 139 Å². The normalized spacial score (nSPS) is 11.4. The summed E-state index contributed by atoms with van der Waals surface area (Å²) in [4.78, 5) is 9.99. The summed E-state index contributed by atoms with van der Waals surface area (Å²) in [5.41, 5.74) is 19.3. The van der Waals surface area contributed by atoms with Gasteiger partial charge in [0.15, 0.2) is 5.82 Å². The lowest BCUT2D eigenvalue weighted by Crippen LogP contribution is -1.96. The molecule has 0 aliphatic rings. The molecule has 0 saturated heterocycles. The third kappa shape index (κ3) is 7.73. The topological polar surface area (TPSA) is 112 Å². The Morgan fingerprint density at radius 1 is 0.272 bits per heavy atom. The molecule has 0 aliphatic heterocycles.